The lowest BCUT2D eigenvalue weighted by molar-refractivity contribution is -0.154. The monoisotopic (exact) mass is 398 g/mol. The summed E-state index contributed by atoms with van der Waals surface area (Å²) in [4.78, 5) is 12.0. The van der Waals surface area contributed by atoms with Crippen LogP contribution in [-0.4, -0.2) is 24.3 Å². The van der Waals surface area contributed by atoms with Gasteiger partial charge in [0.15, 0.2) is 0 Å². The van der Waals surface area contributed by atoms with E-state index in [1.807, 2.05) is 20.8 Å². The molecule has 2 atom stereocenters. The third kappa shape index (κ3) is 15.4. The Balaban J connectivity index is 3.96. The van der Waals surface area contributed by atoms with Gasteiger partial charge in [0.2, 0.25) is 0 Å². The fourth-order valence-electron chi connectivity index (χ4n) is 3.55. The van der Waals surface area contributed by atoms with Gasteiger partial charge in [-0.25, -0.2) is 0 Å². The summed E-state index contributed by atoms with van der Waals surface area (Å²) in [5, 5.41) is 0. The molecule has 28 heavy (non-hydrogen) atoms. The molecule has 0 N–H and O–H groups in total. The zero-order chi connectivity index (χ0) is 21.6. The van der Waals surface area contributed by atoms with Crippen LogP contribution >= 0.6 is 0 Å². The van der Waals surface area contributed by atoms with Crippen molar-refractivity contribution in [3.8, 4) is 0 Å². The molecule has 0 rings (SSSR count). The molecule has 0 heterocycles. The molecule has 0 aliphatic rings. The van der Waals surface area contributed by atoms with Gasteiger partial charge < -0.3 is 9.47 Å². The molecule has 0 amide bonds. The molecule has 0 aromatic carbocycles. The number of rotatable bonds is 15. The van der Waals surface area contributed by atoms with Gasteiger partial charge in [0.05, 0.1) is 23.7 Å². The summed E-state index contributed by atoms with van der Waals surface area (Å²) in [5.41, 5.74) is -0.437. The van der Waals surface area contributed by atoms with Crippen LogP contribution in [0.1, 0.15) is 126 Å². The molecular formula is C25H50O3. The van der Waals surface area contributed by atoms with E-state index in [9.17, 15) is 4.79 Å². The van der Waals surface area contributed by atoms with Crippen LogP contribution in [0.2, 0.25) is 0 Å². The maximum absolute atomic E-state index is 12.0. The van der Waals surface area contributed by atoms with Crippen molar-refractivity contribution in [3.05, 3.63) is 0 Å². The molecule has 0 spiro atoms. The van der Waals surface area contributed by atoms with Crippen LogP contribution in [0.5, 0.6) is 0 Å². The predicted molar refractivity (Wildman–Crippen MR) is 121 cm³/mol. The van der Waals surface area contributed by atoms with Gasteiger partial charge in [-0.3, -0.25) is 4.79 Å². The van der Waals surface area contributed by atoms with Crippen molar-refractivity contribution >= 4 is 5.97 Å². The standard InChI is InChI=1S/C25H50O3/c1-9-16-21(20-27-23(26)24(3,4)5)18-14-12-11-13-15-19-22(17-10-2)28-25(6,7)8/h21-22H,9-20H2,1-8H3. The first-order chi connectivity index (χ1) is 13.0. The smallest absolute Gasteiger partial charge is 0.311 e. The molecule has 0 saturated carbocycles. The second-order valence-electron chi connectivity index (χ2n) is 10.5. The molecule has 0 bridgehead atoms. The Hall–Kier alpha value is -0.570. The SMILES string of the molecule is CCCC(CCCCCCCC(CCC)OC(C)(C)C)COC(=O)C(C)(C)C. The normalized spacial score (nSPS) is 14.7. The maximum atomic E-state index is 12.0. The quantitative estimate of drug-likeness (QED) is 0.209. The summed E-state index contributed by atoms with van der Waals surface area (Å²) in [5.74, 6) is 0.443. The second-order valence-corrected chi connectivity index (χ2v) is 10.5. The molecule has 0 aliphatic carbocycles. The summed E-state index contributed by atoms with van der Waals surface area (Å²) in [7, 11) is 0. The topological polar surface area (TPSA) is 35.5 Å². The summed E-state index contributed by atoms with van der Waals surface area (Å²) in [6, 6.07) is 0. The number of esters is 1. The number of ether oxygens (including phenoxy) is 2. The molecule has 0 aromatic rings. The molecular weight excluding hydrogens is 348 g/mol. The fraction of sp³-hybridized carbons (Fsp3) is 0.960. The Morgan fingerprint density at radius 3 is 1.79 bits per heavy atom. The predicted octanol–water partition coefficient (Wildman–Crippen LogP) is 7.71. The van der Waals surface area contributed by atoms with E-state index in [2.05, 4.69) is 34.6 Å². The Labute approximate surface area is 176 Å². The lowest BCUT2D eigenvalue weighted by Crippen LogP contribution is -2.27. The highest BCUT2D eigenvalue weighted by molar-refractivity contribution is 5.75. The second kappa shape index (κ2) is 14.4. The minimum Gasteiger partial charge on any atom is -0.465 e. The van der Waals surface area contributed by atoms with Crippen molar-refractivity contribution in [2.24, 2.45) is 11.3 Å². The van der Waals surface area contributed by atoms with Crippen LogP contribution in [0.25, 0.3) is 0 Å². The van der Waals surface area contributed by atoms with Gasteiger partial charge in [-0.2, -0.15) is 0 Å². The largest absolute Gasteiger partial charge is 0.465 e. The van der Waals surface area contributed by atoms with Crippen LogP contribution in [-0.2, 0) is 14.3 Å². The number of unbranched alkanes of at least 4 members (excludes halogenated alkanes) is 4. The minimum atomic E-state index is -0.400. The Morgan fingerprint density at radius 2 is 1.29 bits per heavy atom. The summed E-state index contributed by atoms with van der Waals surface area (Å²) in [6.45, 7) is 17.3. The van der Waals surface area contributed by atoms with Crippen LogP contribution in [0.4, 0.5) is 0 Å². The Morgan fingerprint density at radius 1 is 0.750 bits per heavy atom. The van der Waals surface area contributed by atoms with E-state index in [1.165, 1.54) is 57.8 Å². The molecule has 3 nitrogen and oxygen atoms in total. The number of carbonyl (C=O) groups excluding carboxylic acids is 1. The van der Waals surface area contributed by atoms with Crippen molar-refractivity contribution in [1.29, 1.82) is 0 Å². The van der Waals surface area contributed by atoms with Gasteiger partial charge in [-0.15, -0.1) is 0 Å². The third-order valence-corrected chi connectivity index (χ3v) is 5.03. The van der Waals surface area contributed by atoms with E-state index in [1.54, 1.807) is 0 Å². The number of hydrogen-bond donors (Lipinski definition) is 0. The van der Waals surface area contributed by atoms with Gasteiger partial charge in [-0.05, 0) is 73.1 Å². The molecule has 0 saturated heterocycles. The molecule has 2 unspecified atom stereocenters. The van der Waals surface area contributed by atoms with Crippen LogP contribution in [0.15, 0.2) is 0 Å². The average Bonchev–Trinajstić information content (AvgIpc) is 2.56. The molecule has 168 valence electrons. The van der Waals surface area contributed by atoms with Crippen molar-refractivity contribution in [2.45, 2.75) is 138 Å². The first kappa shape index (κ1) is 27.4. The van der Waals surface area contributed by atoms with E-state index in [4.69, 9.17) is 9.47 Å². The van der Waals surface area contributed by atoms with Crippen molar-refractivity contribution in [3.63, 3.8) is 0 Å². The highest BCUT2D eigenvalue weighted by atomic mass is 16.5. The van der Waals surface area contributed by atoms with Crippen molar-refractivity contribution in [2.75, 3.05) is 6.61 Å². The van der Waals surface area contributed by atoms with Crippen molar-refractivity contribution < 1.29 is 14.3 Å². The van der Waals surface area contributed by atoms with Gasteiger partial charge in [-0.1, -0.05) is 58.8 Å². The lowest BCUT2D eigenvalue weighted by atomic mass is 9.95. The van der Waals surface area contributed by atoms with Crippen LogP contribution < -0.4 is 0 Å². The summed E-state index contributed by atoms with van der Waals surface area (Å²) in [6.07, 6.45) is 13.8. The molecule has 0 aromatic heterocycles. The van der Waals surface area contributed by atoms with E-state index in [-0.39, 0.29) is 11.6 Å². The Kier molecular flexibility index (Phi) is 14.1. The van der Waals surface area contributed by atoms with E-state index in [0.29, 0.717) is 18.6 Å². The van der Waals surface area contributed by atoms with E-state index < -0.39 is 5.41 Å². The number of carbonyl (C=O) groups is 1. The maximum Gasteiger partial charge on any atom is 0.311 e. The van der Waals surface area contributed by atoms with Gasteiger partial charge in [0, 0.05) is 0 Å². The molecule has 0 fully saturated rings. The van der Waals surface area contributed by atoms with Gasteiger partial charge in [0.25, 0.3) is 0 Å². The molecule has 0 radical (unpaired) electrons. The summed E-state index contributed by atoms with van der Waals surface area (Å²) >= 11 is 0. The first-order valence-electron chi connectivity index (χ1n) is 11.8. The molecule has 3 heteroatoms. The van der Waals surface area contributed by atoms with Crippen molar-refractivity contribution in [1.82, 2.24) is 0 Å². The van der Waals surface area contributed by atoms with Crippen LogP contribution in [0.3, 0.4) is 0 Å². The van der Waals surface area contributed by atoms with E-state index >= 15 is 0 Å². The zero-order valence-electron chi connectivity index (χ0n) is 20.4. The first-order valence-corrected chi connectivity index (χ1v) is 11.8. The zero-order valence-corrected chi connectivity index (χ0v) is 20.4. The van der Waals surface area contributed by atoms with E-state index in [0.717, 1.165) is 12.8 Å². The number of hydrogen-bond acceptors (Lipinski definition) is 3. The minimum absolute atomic E-state index is 0.0371. The Bertz CT molecular complexity index is 390. The lowest BCUT2D eigenvalue weighted by Gasteiger charge is -2.27. The highest BCUT2D eigenvalue weighted by Gasteiger charge is 2.24. The van der Waals surface area contributed by atoms with Crippen LogP contribution in [0, 0.1) is 11.3 Å². The average molecular weight is 399 g/mol. The highest BCUT2D eigenvalue weighted by Crippen LogP contribution is 2.22. The summed E-state index contributed by atoms with van der Waals surface area (Å²) < 4.78 is 11.7. The fourth-order valence-corrected chi connectivity index (χ4v) is 3.55. The molecule has 0 aliphatic heterocycles. The van der Waals surface area contributed by atoms with Gasteiger partial charge in [0.1, 0.15) is 0 Å². The van der Waals surface area contributed by atoms with Gasteiger partial charge >= 0.3 is 5.97 Å². The third-order valence-electron chi connectivity index (χ3n) is 5.03.